The van der Waals surface area contributed by atoms with Crippen molar-refractivity contribution in [2.24, 2.45) is 5.73 Å². The Bertz CT molecular complexity index is 349. The average molecular weight is 195 g/mol. The molecular formula is C10H13NO3. The zero-order chi connectivity index (χ0) is 10.1. The van der Waals surface area contributed by atoms with Crippen LogP contribution >= 0.6 is 0 Å². The number of rotatable bonds is 2. The van der Waals surface area contributed by atoms with Crippen LogP contribution in [0.3, 0.4) is 0 Å². The van der Waals surface area contributed by atoms with Gasteiger partial charge in [0.2, 0.25) is 12.5 Å². The smallest absolute Gasteiger partial charge is 0.231 e. The van der Waals surface area contributed by atoms with Gasteiger partial charge >= 0.3 is 0 Å². The highest BCUT2D eigenvalue weighted by Gasteiger charge is 2.20. The van der Waals surface area contributed by atoms with E-state index in [4.69, 9.17) is 19.9 Å². The van der Waals surface area contributed by atoms with Crippen LogP contribution in [0.5, 0.6) is 17.2 Å². The molecule has 0 aliphatic carbocycles. The molecule has 0 saturated heterocycles. The van der Waals surface area contributed by atoms with Crippen molar-refractivity contribution in [2.45, 2.75) is 13.0 Å². The lowest BCUT2D eigenvalue weighted by atomic mass is 10.1. The molecule has 1 aromatic rings. The maximum Gasteiger partial charge on any atom is 0.231 e. The molecule has 0 spiro atoms. The Morgan fingerprint density at radius 3 is 2.86 bits per heavy atom. The number of ether oxygens (including phenoxy) is 3. The Balaban J connectivity index is 2.49. The summed E-state index contributed by atoms with van der Waals surface area (Å²) in [5.41, 5.74) is 6.76. The third-order valence-corrected chi connectivity index (χ3v) is 2.21. The van der Waals surface area contributed by atoms with E-state index < -0.39 is 0 Å². The molecule has 14 heavy (non-hydrogen) atoms. The second kappa shape index (κ2) is 3.38. The highest BCUT2D eigenvalue weighted by Crippen LogP contribution is 2.42. The lowest BCUT2D eigenvalue weighted by Crippen LogP contribution is -2.05. The van der Waals surface area contributed by atoms with Crippen LogP contribution < -0.4 is 19.9 Å². The summed E-state index contributed by atoms with van der Waals surface area (Å²) in [5.74, 6) is 2.04. The molecule has 0 amide bonds. The van der Waals surface area contributed by atoms with E-state index >= 15 is 0 Å². The first-order chi connectivity index (χ1) is 6.72. The summed E-state index contributed by atoms with van der Waals surface area (Å²) in [6, 6.07) is 3.71. The predicted octanol–water partition coefficient (Wildman–Crippen LogP) is 1.44. The maximum absolute atomic E-state index is 5.78. The second-order valence-corrected chi connectivity index (χ2v) is 3.25. The van der Waals surface area contributed by atoms with Crippen molar-refractivity contribution in [2.75, 3.05) is 13.9 Å². The molecule has 0 fully saturated rings. The van der Waals surface area contributed by atoms with Crippen LogP contribution in [0.25, 0.3) is 0 Å². The molecule has 4 nitrogen and oxygen atoms in total. The largest absolute Gasteiger partial charge is 0.493 e. The van der Waals surface area contributed by atoms with E-state index in [1.165, 1.54) is 0 Å². The minimum atomic E-state index is -0.0431. The Labute approximate surface area is 82.6 Å². The van der Waals surface area contributed by atoms with E-state index in [0.29, 0.717) is 17.2 Å². The summed E-state index contributed by atoms with van der Waals surface area (Å²) >= 11 is 0. The van der Waals surface area contributed by atoms with Crippen molar-refractivity contribution >= 4 is 0 Å². The van der Waals surface area contributed by atoms with E-state index in [1.54, 1.807) is 7.11 Å². The van der Waals surface area contributed by atoms with Crippen molar-refractivity contribution in [3.63, 3.8) is 0 Å². The van der Waals surface area contributed by atoms with Crippen LogP contribution in [0.15, 0.2) is 12.1 Å². The second-order valence-electron chi connectivity index (χ2n) is 3.25. The number of hydrogen-bond acceptors (Lipinski definition) is 4. The molecule has 1 unspecified atom stereocenters. The Morgan fingerprint density at radius 2 is 2.21 bits per heavy atom. The van der Waals surface area contributed by atoms with Gasteiger partial charge < -0.3 is 19.9 Å². The van der Waals surface area contributed by atoms with Gasteiger partial charge in [-0.25, -0.2) is 0 Å². The van der Waals surface area contributed by atoms with Crippen molar-refractivity contribution in [1.29, 1.82) is 0 Å². The fourth-order valence-corrected chi connectivity index (χ4v) is 1.41. The van der Waals surface area contributed by atoms with Gasteiger partial charge in [-0.2, -0.15) is 0 Å². The van der Waals surface area contributed by atoms with Gasteiger partial charge in [0, 0.05) is 6.04 Å². The first kappa shape index (κ1) is 9.15. The number of fused-ring (bicyclic) bond motifs is 1. The van der Waals surface area contributed by atoms with Crippen molar-refractivity contribution in [3.05, 3.63) is 17.7 Å². The molecule has 0 aromatic heterocycles. The number of methoxy groups -OCH3 is 1. The molecule has 2 N–H and O–H groups in total. The highest BCUT2D eigenvalue weighted by molar-refractivity contribution is 5.55. The normalized spacial score (nSPS) is 15.4. The van der Waals surface area contributed by atoms with Gasteiger partial charge in [-0.05, 0) is 24.6 Å². The summed E-state index contributed by atoms with van der Waals surface area (Å²) < 4.78 is 15.7. The van der Waals surface area contributed by atoms with Crippen LogP contribution in [-0.4, -0.2) is 13.9 Å². The monoisotopic (exact) mass is 195 g/mol. The lowest BCUT2D eigenvalue weighted by Gasteiger charge is -2.10. The zero-order valence-electron chi connectivity index (χ0n) is 8.24. The van der Waals surface area contributed by atoms with E-state index in [1.807, 2.05) is 19.1 Å². The fraction of sp³-hybridized carbons (Fsp3) is 0.400. The summed E-state index contributed by atoms with van der Waals surface area (Å²) in [6.45, 7) is 2.16. The molecule has 1 aliphatic rings. The number of benzene rings is 1. The van der Waals surface area contributed by atoms with Crippen LogP contribution in [0.2, 0.25) is 0 Å². The molecule has 76 valence electrons. The number of hydrogen-bond donors (Lipinski definition) is 1. The average Bonchev–Trinajstić information content (AvgIpc) is 2.63. The molecule has 1 aromatic carbocycles. The van der Waals surface area contributed by atoms with Gasteiger partial charge in [-0.1, -0.05) is 0 Å². The molecule has 0 bridgehead atoms. The van der Waals surface area contributed by atoms with Gasteiger partial charge in [-0.3, -0.25) is 0 Å². The van der Waals surface area contributed by atoms with Crippen LogP contribution in [0.1, 0.15) is 18.5 Å². The Hall–Kier alpha value is -1.42. The predicted molar refractivity (Wildman–Crippen MR) is 51.7 cm³/mol. The number of nitrogens with two attached hydrogens (primary N) is 1. The lowest BCUT2D eigenvalue weighted by molar-refractivity contribution is 0.171. The molecule has 0 saturated carbocycles. The molecule has 1 atom stereocenters. The molecule has 0 radical (unpaired) electrons. The molecular weight excluding hydrogens is 182 g/mol. The minimum Gasteiger partial charge on any atom is -0.493 e. The zero-order valence-corrected chi connectivity index (χ0v) is 8.24. The molecule has 1 aliphatic heterocycles. The first-order valence-electron chi connectivity index (χ1n) is 4.45. The quantitative estimate of drug-likeness (QED) is 0.775. The molecule has 2 rings (SSSR count). The van der Waals surface area contributed by atoms with E-state index in [0.717, 1.165) is 5.56 Å². The van der Waals surface area contributed by atoms with Crippen LogP contribution in [-0.2, 0) is 0 Å². The highest BCUT2D eigenvalue weighted by atomic mass is 16.7. The van der Waals surface area contributed by atoms with E-state index in [2.05, 4.69) is 0 Å². The fourth-order valence-electron chi connectivity index (χ4n) is 1.41. The third kappa shape index (κ3) is 1.37. The SMILES string of the molecule is COc1cc(C(C)N)cc2c1OCO2. The van der Waals surface area contributed by atoms with Gasteiger partial charge in [0.1, 0.15) is 0 Å². The summed E-state index contributed by atoms with van der Waals surface area (Å²) in [4.78, 5) is 0. The van der Waals surface area contributed by atoms with Crippen LogP contribution in [0.4, 0.5) is 0 Å². The summed E-state index contributed by atoms with van der Waals surface area (Å²) in [7, 11) is 1.60. The van der Waals surface area contributed by atoms with E-state index in [9.17, 15) is 0 Å². The van der Waals surface area contributed by atoms with Gasteiger partial charge in [-0.15, -0.1) is 0 Å². The standard InChI is InChI=1S/C10H13NO3/c1-6(11)7-3-8(12-2)10-9(4-7)13-5-14-10/h3-4,6H,5,11H2,1-2H3. The minimum absolute atomic E-state index is 0.0431. The van der Waals surface area contributed by atoms with Crippen molar-refractivity contribution < 1.29 is 14.2 Å². The molecule has 1 heterocycles. The van der Waals surface area contributed by atoms with Gasteiger partial charge in [0.15, 0.2) is 11.5 Å². The Morgan fingerprint density at radius 1 is 1.43 bits per heavy atom. The van der Waals surface area contributed by atoms with Gasteiger partial charge in [0.25, 0.3) is 0 Å². The summed E-state index contributed by atoms with van der Waals surface area (Å²) in [5, 5.41) is 0. The maximum atomic E-state index is 5.78. The molecule has 4 heteroatoms. The third-order valence-electron chi connectivity index (χ3n) is 2.21. The van der Waals surface area contributed by atoms with E-state index in [-0.39, 0.29) is 12.8 Å². The Kier molecular flexibility index (Phi) is 2.21. The summed E-state index contributed by atoms with van der Waals surface area (Å²) in [6.07, 6.45) is 0. The van der Waals surface area contributed by atoms with Crippen molar-refractivity contribution in [3.8, 4) is 17.2 Å². The topological polar surface area (TPSA) is 53.7 Å². The van der Waals surface area contributed by atoms with Crippen molar-refractivity contribution in [1.82, 2.24) is 0 Å². The van der Waals surface area contributed by atoms with Crippen LogP contribution in [0, 0.1) is 0 Å². The first-order valence-corrected chi connectivity index (χ1v) is 4.45. The van der Waals surface area contributed by atoms with Gasteiger partial charge in [0.05, 0.1) is 7.11 Å².